The lowest BCUT2D eigenvalue weighted by Gasteiger charge is -2.26. The van der Waals surface area contributed by atoms with Gasteiger partial charge in [0, 0.05) is 18.5 Å². The molecule has 0 spiro atoms. The normalized spacial score (nSPS) is 18.3. The predicted octanol–water partition coefficient (Wildman–Crippen LogP) is 4.84. The number of benzene rings is 3. The van der Waals surface area contributed by atoms with Crippen molar-refractivity contribution < 1.29 is 4.74 Å². The summed E-state index contributed by atoms with van der Waals surface area (Å²) >= 11 is 0. The van der Waals surface area contributed by atoms with Crippen molar-refractivity contribution >= 4 is 10.8 Å². The Bertz CT molecular complexity index is 779. The van der Waals surface area contributed by atoms with Crippen LogP contribution in [0.15, 0.2) is 72.8 Å². The van der Waals surface area contributed by atoms with Crippen LogP contribution in [0.5, 0.6) is 5.75 Å². The number of likely N-dealkylation sites (tertiary alicyclic amines) is 1. The minimum absolute atomic E-state index is 0.168. The van der Waals surface area contributed by atoms with E-state index in [0.717, 1.165) is 25.3 Å². The summed E-state index contributed by atoms with van der Waals surface area (Å²) < 4.78 is 6.40. The van der Waals surface area contributed by atoms with Gasteiger partial charge in [-0.3, -0.25) is 4.90 Å². The Morgan fingerprint density at radius 3 is 2.57 bits per heavy atom. The van der Waals surface area contributed by atoms with Gasteiger partial charge in [-0.25, -0.2) is 0 Å². The maximum absolute atomic E-state index is 6.40. The number of fused-ring (bicyclic) bond motifs is 1. The van der Waals surface area contributed by atoms with Crippen LogP contribution in [0.1, 0.15) is 18.4 Å². The van der Waals surface area contributed by atoms with Gasteiger partial charge in [0.15, 0.2) is 6.23 Å². The van der Waals surface area contributed by atoms with Crippen LogP contribution in [0.2, 0.25) is 0 Å². The van der Waals surface area contributed by atoms with Gasteiger partial charge in [0.05, 0.1) is 0 Å². The second-order valence-electron chi connectivity index (χ2n) is 6.15. The number of hydrogen-bond donors (Lipinski definition) is 0. The van der Waals surface area contributed by atoms with E-state index in [-0.39, 0.29) is 6.23 Å². The summed E-state index contributed by atoms with van der Waals surface area (Å²) in [6, 6.07) is 25.4. The molecule has 1 heterocycles. The highest BCUT2D eigenvalue weighted by molar-refractivity contribution is 5.88. The molecular weight excluding hydrogens is 282 g/mol. The van der Waals surface area contributed by atoms with Gasteiger partial charge in [0.25, 0.3) is 0 Å². The first-order chi connectivity index (χ1) is 11.4. The molecule has 0 N–H and O–H groups in total. The summed E-state index contributed by atoms with van der Waals surface area (Å²) in [5.41, 5.74) is 1.35. The number of nitrogens with zero attached hydrogens (tertiary/aromatic N) is 1. The molecule has 4 rings (SSSR count). The van der Waals surface area contributed by atoms with Crippen LogP contribution >= 0.6 is 0 Å². The first-order valence-electron chi connectivity index (χ1n) is 8.32. The van der Waals surface area contributed by atoms with Crippen molar-refractivity contribution in [2.24, 2.45) is 0 Å². The number of hydrogen-bond acceptors (Lipinski definition) is 2. The van der Waals surface area contributed by atoms with E-state index in [4.69, 9.17) is 4.74 Å². The Hall–Kier alpha value is -2.32. The van der Waals surface area contributed by atoms with Crippen molar-refractivity contribution in [3.05, 3.63) is 78.4 Å². The fraction of sp³-hybridized carbons (Fsp3) is 0.238. The lowest BCUT2D eigenvalue weighted by atomic mass is 10.1. The van der Waals surface area contributed by atoms with Gasteiger partial charge in [0.2, 0.25) is 0 Å². The zero-order valence-electron chi connectivity index (χ0n) is 13.2. The maximum Gasteiger partial charge on any atom is 0.153 e. The molecule has 23 heavy (non-hydrogen) atoms. The third-order valence-corrected chi connectivity index (χ3v) is 4.54. The van der Waals surface area contributed by atoms with E-state index in [9.17, 15) is 0 Å². The van der Waals surface area contributed by atoms with Crippen molar-refractivity contribution in [2.45, 2.75) is 25.6 Å². The number of rotatable bonds is 4. The molecule has 1 fully saturated rings. The van der Waals surface area contributed by atoms with Crippen LogP contribution in [0, 0.1) is 0 Å². The molecule has 1 aliphatic heterocycles. The average Bonchev–Trinajstić information content (AvgIpc) is 3.03. The van der Waals surface area contributed by atoms with E-state index in [1.165, 1.54) is 22.8 Å². The van der Waals surface area contributed by atoms with Crippen molar-refractivity contribution in [1.82, 2.24) is 4.90 Å². The Morgan fingerprint density at radius 1 is 0.870 bits per heavy atom. The third-order valence-electron chi connectivity index (χ3n) is 4.54. The molecule has 1 atom stereocenters. The van der Waals surface area contributed by atoms with Crippen molar-refractivity contribution in [3.63, 3.8) is 0 Å². The van der Waals surface area contributed by atoms with Crippen LogP contribution in [0.4, 0.5) is 0 Å². The predicted molar refractivity (Wildman–Crippen MR) is 94.5 cm³/mol. The second-order valence-corrected chi connectivity index (χ2v) is 6.15. The standard InChI is InChI=1S/C21H21NO/c1-2-8-17(9-3-1)16-22-15-7-14-21(22)23-20-13-6-11-18-10-4-5-12-19(18)20/h1-6,8-13,21H,7,14-16H2. The van der Waals surface area contributed by atoms with E-state index in [2.05, 4.69) is 77.7 Å². The Kier molecular flexibility index (Phi) is 3.99. The van der Waals surface area contributed by atoms with Gasteiger partial charge in [0.1, 0.15) is 5.75 Å². The van der Waals surface area contributed by atoms with Crippen LogP contribution < -0.4 is 4.74 Å². The third kappa shape index (κ3) is 3.08. The molecule has 0 aliphatic carbocycles. The minimum Gasteiger partial charge on any atom is -0.474 e. The quantitative estimate of drug-likeness (QED) is 0.684. The monoisotopic (exact) mass is 303 g/mol. The molecule has 1 saturated heterocycles. The molecule has 1 unspecified atom stereocenters. The Labute approximate surface area is 137 Å². The van der Waals surface area contributed by atoms with Crippen LogP contribution in [-0.2, 0) is 6.54 Å². The highest BCUT2D eigenvalue weighted by Crippen LogP contribution is 2.29. The molecule has 0 amide bonds. The highest BCUT2D eigenvalue weighted by atomic mass is 16.5. The van der Waals surface area contributed by atoms with Gasteiger partial charge < -0.3 is 4.74 Å². The van der Waals surface area contributed by atoms with Gasteiger partial charge in [-0.15, -0.1) is 0 Å². The summed E-state index contributed by atoms with van der Waals surface area (Å²) in [6.45, 7) is 2.06. The van der Waals surface area contributed by atoms with E-state index in [0.29, 0.717) is 0 Å². The first kappa shape index (κ1) is 14.3. The molecule has 3 aromatic rings. The molecule has 116 valence electrons. The van der Waals surface area contributed by atoms with Gasteiger partial charge in [-0.2, -0.15) is 0 Å². The lowest BCUT2D eigenvalue weighted by Crippen LogP contribution is -2.33. The highest BCUT2D eigenvalue weighted by Gasteiger charge is 2.26. The Balaban J connectivity index is 1.55. The molecular formula is C21H21NO. The number of ether oxygens (including phenoxy) is 1. The molecule has 0 aromatic heterocycles. The largest absolute Gasteiger partial charge is 0.474 e. The summed E-state index contributed by atoms with van der Waals surface area (Å²) in [5.74, 6) is 0.994. The van der Waals surface area contributed by atoms with Gasteiger partial charge >= 0.3 is 0 Å². The van der Waals surface area contributed by atoms with E-state index >= 15 is 0 Å². The van der Waals surface area contributed by atoms with Crippen LogP contribution in [-0.4, -0.2) is 17.7 Å². The fourth-order valence-electron chi connectivity index (χ4n) is 3.37. The van der Waals surface area contributed by atoms with E-state index < -0.39 is 0 Å². The molecule has 2 nitrogen and oxygen atoms in total. The van der Waals surface area contributed by atoms with Crippen LogP contribution in [0.25, 0.3) is 10.8 Å². The summed E-state index contributed by atoms with van der Waals surface area (Å²) in [6.07, 6.45) is 2.46. The lowest BCUT2D eigenvalue weighted by molar-refractivity contribution is 0.0563. The maximum atomic E-state index is 6.40. The topological polar surface area (TPSA) is 12.5 Å². The zero-order valence-corrected chi connectivity index (χ0v) is 13.2. The zero-order chi connectivity index (χ0) is 15.5. The average molecular weight is 303 g/mol. The fourth-order valence-corrected chi connectivity index (χ4v) is 3.37. The summed E-state index contributed by atoms with van der Waals surface area (Å²) in [7, 11) is 0. The first-order valence-corrected chi connectivity index (χ1v) is 8.32. The minimum atomic E-state index is 0.168. The smallest absolute Gasteiger partial charge is 0.153 e. The molecule has 3 aromatic carbocycles. The van der Waals surface area contributed by atoms with Gasteiger partial charge in [-0.05, 0) is 29.9 Å². The van der Waals surface area contributed by atoms with Gasteiger partial charge in [-0.1, -0.05) is 66.7 Å². The van der Waals surface area contributed by atoms with E-state index in [1.54, 1.807) is 0 Å². The summed E-state index contributed by atoms with van der Waals surface area (Å²) in [5, 5.41) is 2.43. The van der Waals surface area contributed by atoms with Crippen LogP contribution in [0.3, 0.4) is 0 Å². The van der Waals surface area contributed by atoms with E-state index in [1.807, 2.05) is 0 Å². The summed E-state index contributed by atoms with van der Waals surface area (Å²) in [4.78, 5) is 2.44. The molecule has 2 heteroatoms. The molecule has 0 bridgehead atoms. The van der Waals surface area contributed by atoms with Crippen molar-refractivity contribution in [3.8, 4) is 5.75 Å². The molecule has 0 saturated carbocycles. The van der Waals surface area contributed by atoms with Crippen molar-refractivity contribution in [2.75, 3.05) is 6.54 Å². The molecule has 1 aliphatic rings. The Morgan fingerprint density at radius 2 is 1.65 bits per heavy atom. The molecule has 0 radical (unpaired) electrons. The second kappa shape index (κ2) is 6.43. The van der Waals surface area contributed by atoms with Crippen molar-refractivity contribution in [1.29, 1.82) is 0 Å². The SMILES string of the molecule is c1ccc(CN2CCCC2Oc2cccc3ccccc23)cc1.